The third-order valence-corrected chi connectivity index (χ3v) is 5.72. The number of morpholine rings is 1. The number of hydrogen-bond acceptors (Lipinski definition) is 9. The van der Waals surface area contributed by atoms with E-state index in [-0.39, 0.29) is 11.6 Å². The monoisotopic (exact) mass is 457 g/mol. The number of ether oxygens (including phenoxy) is 1. The fraction of sp³-hybridized carbons (Fsp3) is 0.400. The Morgan fingerprint density at radius 3 is 2.69 bits per heavy atom. The summed E-state index contributed by atoms with van der Waals surface area (Å²) in [5.74, 6) is 1.41. The lowest BCUT2D eigenvalue weighted by atomic mass is 10.2. The van der Waals surface area contributed by atoms with E-state index in [2.05, 4.69) is 27.2 Å². The molecule has 3 heterocycles. The molecule has 0 bridgehead atoms. The molecule has 0 unspecified atom stereocenters. The van der Waals surface area contributed by atoms with Crippen molar-refractivity contribution < 1.29 is 14.5 Å². The lowest BCUT2D eigenvalue weighted by Crippen LogP contribution is -2.37. The first-order valence-corrected chi connectivity index (χ1v) is 11.3. The Bertz CT molecular complexity index is 1110. The zero-order chi connectivity index (χ0) is 22.5. The Balaban J connectivity index is 1.48. The van der Waals surface area contributed by atoms with E-state index in [0.717, 1.165) is 35.7 Å². The van der Waals surface area contributed by atoms with E-state index in [1.54, 1.807) is 22.6 Å². The van der Waals surface area contributed by atoms with Gasteiger partial charge in [0.2, 0.25) is 0 Å². The smallest absolute Gasteiger partial charge is 0.269 e. The van der Waals surface area contributed by atoms with Crippen molar-refractivity contribution in [1.82, 2.24) is 25.1 Å². The van der Waals surface area contributed by atoms with E-state index in [1.165, 1.54) is 24.3 Å². The minimum atomic E-state index is -0.497. The highest BCUT2D eigenvalue weighted by Crippen LogP contribution is 2.27. The maximum atomic E-state index is 12.4. The third kappa shape index (κ3) is 4.81. The first kappa shape index (κ1) is 22.0. The van der Waals surface area contributed by atoms with Crippen molar-refractivity contribution in [3.05, 3.63) is 46.1 Å². The molecular weight excluding hydrogens is 434 g/mol. The van der Waals surface area contributed by atoms with Crippen molar-refractivity contribution in [3.63, 3.8) is 0 Å². The van der Waals surface area contributed by atoms with Crippen LogP contribution in [0.3, 0.4) is 0 Å². The van der Waals surface area contributed by atoms with Crippen LogP contribution in [-0.2, 0) is 11.3 Å². The predicted octanol–water partition coefficient (Wildman–Crippen LogP) is 2.11. The van der Waals surface area contributed by atoms with Crippen molar-refractivity contribution in [1.29, 1.82) is 0 Å². The average molecular weight is 458 g/mol. The van der Waals surface area contributed by atoms with E-state index in [0.29, 0.717) is 37.0 Å². The molecular formula is C20H23N7O4S. The first-order valence-electron chi connectivity index (χ1n) is 10.3. The van der Waals surface area contributed by atoms with Gasteiger partial charge in [0.1, 0.15) is 5.82 Å². The molecule has 1 aliphatic rings. The number of carbonyl (C=O) groups excluding carboxylic acids is 1. The highest BCUT2D eigenvalue weighted by molar-refractivity contribution is 7.99. The number of rotatable bonds is 8. The van der Waals surface area contributed by atoms with Crippen LogP contribution < -0.4 is 10.2 Å². The Morgan fingerprint density at radius 2 is 2.00 bits per heavy atom. The molecule has 0 spiro atoms. The van der Waals surface area contributed by atoms with Gasteiger partial charge in [-0.2, -0.15) is 5.10 Å². The molecule has 12 heteroatoms. The van der Waals surface area contributed by atoms with Crippen molar-refractivity contribution in [3.8, 4) is 0 Å². The molecule has 11 nitrogen and oxygen atoms in total. The molecule has 1 aromatic carbocycles. The normalized spacial score (nSPS) is 14.0. The van der Waals surface area contributed by atoms with Crippen LogP contribution in [0.25, 0.3) is 11.0 Å². The number of hydrogen-bond donors (Lipinski definition) is 1. The second-order valence-electron chi connectivity index (χ2n) is 7.03. The summed E-state index contributed by atoms with van der Waals surface area (Å²) in [7, 11) is 0. The maximum absolute atomic E-state index is 12.4. The molecule has 32 heavy (non-hydrogen) atoms. The number of thioether (sulfide) groups is 1. The van der Waals surface area contributed by atoms with Gasteiger partial charge in [-0.1, -0.05) is 18.7 Å². The van der Waals surface area contributed by atoms with Gasteiger partial charge < -0.3 is 15.0 Å². The van der Waals surface area contributed by atoms with Gasteiger partial charge >= 0.3 is 0 Å². The summed E-state index contributed by atoms with van der Waals surface area (Å²) < 4.78 is 7.22. The molecule has 1 fully saturated rings. The Hall–Kier alpha value is -3.25. The van der Waals surface area contributed by atoms with E-state index in [1.807, 2.05) is 0 Å². The standard InChI is InChI=1S/C20H23N7O4S/c1-2-32-20-23-17(25-9-11-31-12-10-25)16-13-22-26(18(16)24-20)8-7-21-19(28)14-3-5-15(6-4-14)27(29)30/h3-6,13H,2,7-12H2,1H3,(H,21,28). The van der Waals surface area contributed by atoms with Crippen LogP contribution in [0, 0.1) is 10.1 Å². The molecule has 0 aliphatic carbocycles. The van der Waals surface area contributed by atoms with Gasteiger partial charge in [0, 0.05) is 37.3 Å². The molecule has 0 saturated carbocycles. The largest absolute Gasteiger partial charge is 0.378 e. The van der Waals surface area contributed by atoms with E-state index in [9.17, 15) is 14.9 Å². The van der Waals surface area contributed by atoms with Crippen molar-refractivity contribution in [2.24, 2.45) is 0 Å². The molecule has 0 radical (unpaired) electrons. The minimum absolute atomic E-state index is 0.0546. The predicted molar refractivity (Wildman–Crippen MR) is 120 cm³/mol. The Kier molecular flexibility index (Phi) is 6.81. The second kappa shape index (κ2) is 9.92. The third-order valence-electron chi connectivity index (χ3n) is 4.99. The number of aromatic nitrogens is 4. The van der Waals surface area contributed by atoms with E-state index >= 15 is 0 Å². The van der Waals surface area contributed by atoms with Gasteiger partial charge in [0.05, 0.1) is 36.3 Å². The van der Waals surface area contributed by atoms with Crippen molar-refractivity contribution in [2.45, 2.75) is 18.6 Å². The van der Waals surface area contributed by atoms with Crippen LogP contribution >= 0.6 is 11.8 Å². The summed E-state index contributed by atoms with van der Waals surface area (Å²) in [6.07, 6.45) is 1.76. The molecule has 1 aliphatic heterocycles. The summed E-state index contributed by atoms with van der Waals surface area (Å²) in [5, 5.41) is 19.6. The fourth-order valence-corrected chi connectivity index (χ4v) is 3.97. The number of amides is 1. The summed E-state index contributed by atoms with van der Waals surface area (Å²) in [6.45, 7) is 5.65. The molecule has 4 rings (SSSR count). The van der Waals surface area contributed by atoms with Crippen LogP contribution in [0.1, 0.15) is 17.3 Å². The summed E-state index contributed by atoms with van der Waals surface area (Å²) >= 11 is 1.57. The highest BCUT2D eigenvalue weighted by atomic mass is 32.2. The number of nitro benzene ring substituents is 1. The zero-order valence-corrected chi connectivity index (χ0v) is 18.4. The van der Waals surface area contributed by atoms with Gasteiger partial charge in [0.25, 0.3) is 11.6 Å². The topological polar surface area (TPSA) is 128 Å². The molecule has 1 saturated heterocycles. The fourth-order valence-electron chi connectivity index (χ4n) is 3.41. The lowest BCUT2D eigenvalue weighted by Gasteiger charge is -2.28. The highest BCUT2D eigenvalue weighted by Gasteiger charge is 2.20. The van der Waals surface area contributed by atoms with Gasteiger partial charge in [-0.3, -0.25) is 14.9 Å². The molecule has 3 aromatic rings. The number of anilines is 1. The quantitative estimate of drug-likeness (QED) is 0.234. The zero-order valence-electron chi connectivity index (χ0n) is 17.6. The maximum Gasteiger partial charge on any atom is 0.269 e. The minimum Gasteiger partial charge on any atom is -0.378 e. The number of nitrogens with one attached hydrogen (secondary N) is 1. The van der Waals surface area contributed by atoms with Crippen molar-refractivity contribution in [2.75, 3.05) is 43.5 Å². The SMILES string of the molecule is CCSc1nc(N2CCOCC2)c2cnn(CCNC(=O)c3ccc([N+](=O)[O-])cc3)c2n1. The van der Waals surface area contributed by atoms with Gasteiger partial charge in [0.15, 0.2) is 10.8 Å². The number of non-ortho nitro benzene ring substituents is 1. The number of nitrogens with zero attached hydrogens (tertiary/aromatic N) is 6. The van der Waals surface area contributed by atoms with E-state index < -0.39 is 4.92 Å². The molecule has 1 N–H and O–H groups in total. The number of fused-ring (bicyclic) bond motifs is 1. The molecule has 168 valence electrons. The van der Waals surface area contributed by atoms with Crippen LogP contribution in [0.4, 0.5) is 11.5 Å². The number of nitro groups is 1. The Morgan fingerprint density at radius 1 is 1.25 bits per heavy atom. The molecule has 1 amide bonds. The average Bonchev–Trinajstić information content (AvgIpc) is 3.22. The van der Waals surface area contributed by atoms with Crippen LogP contribution in [0.15, 0.2) is 35.6 Å². The van der Waals surface area contributed by atoms with Gasteiger partial charge in [-0.25, -0.2) is 14.6 Å². The van der Waals surface area contributed by atoms with Crippen LogP contribution in [-0.4, -0.2) is 69.2 Å². The van der Waals surface area contributed by atoms with Crippen LogP contribution in [0.2, 0.25) is 0 Å². The molecule has 2 aromatic heterocycles. The number of carbonyl (C=O) groups is 1. The van der Waals surface area contributed by atoms with Gasteiger partial charge in [-0.05, 0) is 17.9 Å². The summed E-state index contributed by atoms with van der Waals surface area (Å²) in [6, 6.07) is 5.50. The van der Waals surface area contributed by atoms with E-state index in [4.69, 9.17) is 9.72 Å². The number of benzene rings is 1. The van der Waals surface area contributed by atoms with Crippen molar-refractivity contribution >= 4 is 40.2 Å². The summed E-state index contributed by atoms with van der Waals surface area (Å²) in [5.41, 5.74) is 1.03. The van der Waals surface area contributed by atoms with Gasteiger partial charge in [-0.15, -0.1) is 0 Å². The summed E-state index contributed by atoms with van der Waals surface area (Å²) in [4.78, 5) is 34.2. The van der Waals surface area contributed by atoms with Crippen LogP contribution in [0.5, 0.6) is 0 Å². The molecule has 0 atom stereocenters. The Labute approximate surface area is 188 Å². The second-order valence-corrected chi connectivity index (χ2v) is 8.26. The first-order chi connectivity index (χ1) is 15.6. The lowest BCUT2D eigenvalue weighted by molar-refractivity contribution is -0.384.